The summed E-state index contributed by atoms with van der Waals surface area (Å²) in [6, 6.07) is 9.56. The molecule has 2 rings (SSSR count). The van der Waals surface area contributed by atoms with Gasteiger partial charge in [-0.3, -0.25) is 0 Å². The average molecular weight is 356 g/mol. The molecule has 0 amide bonds. The molecule has 2 aromatic rings. The summed E-state index contributed by atoms with van der Waals surface area (Å²) < 4.78 is 14.8. The van der Waals surface area contributed by atoms with Gasteiger partial charge in [0.25, 0.3) is 0 Å². The van der Waals surface area contributed by atoms with E-state index >= 15 is 0 Å². The predicted molar refractivity (Wildman–Crippen MR) is 87.6 cm³/mol. The van der Waals surface area contributed by atoms with Crippen molar-refractivity contribution in [1.82, 2.24) is 5.32 Å². The van der Waals surface area contributed by atoms with E-state index in [-0.39, 0.29) is 17.9 Å². The smallest absolute Gasteiger partial charge is 0.128 e. The lowest BCUT2D eigenvalue weighted by atomic mass is 10.0. The zero-order valence-electron chi connectivity index (χ0n) is 11.7. The van der Waals surface area contributed by atoms with Crippen LogP contribution in [0.25, 0.3) is 0 Å². The highest BCUT2D eigenvalue weighted by molar-refractivity contribution is 9.10. The van der Waals surface area contributed by atoms with Crippen LogP contribution in [-0.2, 0) is 0 Å². The quantitative estimate of drug-likeness (QED) is 0.685. The molecular weight excluding hydrogens is 337 g/mol. The van der Waals surface area contributed by atoms with Crippen LogP contribution in [0.2, 0.25) is 0 Å². The van der Waals surface area contributed by atoms with Gasteiger partial charge in [0.15, 0.2) is 0 Å². The van der Waals surface area contributed by atoms with E-state index in [4.69, 9.17) is 0 Å². The van der Waals surface area contributed by atoms with Gasteiger partial charge in [-0.15, -0.1) is 11.3 Å². The molecule has 2 atom stereocenters. The molecule has 1 aromatic heterocycles. The summed E-state index contributed by atoms with van der Waals surface area (Å²) in [6.45, 7) is 4.19. The van der Waals surface area contributed by atoms with Gasteiger partial charge in [0, 0.05) is 27.0 Å². The van der Waals surface area contributed by atoms with Crippen LogP contribution >= 0.6 is 27.3 Å². The normalized spacial score (nSPS) is 14.2. The van der Waals surface area contributed by atoms with Crippen molar-refractivity contribution in [2.24, 2.45) is 0 Å². The molecule has 1 heterocycles. The largest absolute Gasteiger partial charge is 0.303 e. The lowest BCUT2D eigenvalue weighted by Gasteiger charge is -2.23. The van der Waals surface area contributed by atoms with Crippen molar-refractivity contribution in [3.8, 4) is 0 Å². The summed E-state index contributed by atoms with van der Waals surface area (Å²) in [5.74, 6) is -0.158. The van der Waals surface area contributed by atoms with Gasteiger partial charge in [-0.2, -0.15) is 0 Å². The topological polar surface area (TPSA) is 12.0 Å². The molecule has 0 fully saturated rings. The Morgan fingerprint density at radius 2 is 2.15 bits per heavy atom. The molecule has 0 aliphatic heterocycles. The number of rotatable bonds is 6. The summed E-state index contributed by atoms with van der Waals surface area (Å²) in [4.78, 5) is 1.31. The van der Waals surface area contributed by atoms with Crippen molar-refractivity contribution in [3.05, 3.63) is 56.4 Å². The van der Waals surface area contributed by atoms with Crippen molar-refractivity contribution in [2.75, 3.05) is 0 Å². The maximum atomic E-state index is 13.9. The fourth-order valence-electron chi connectivity index (χ4n) is 2.32. The highest BCUT2D eigenvalue weighted by Gasteiger charge is 2.18. The number of hydrogen-bond donors (Lipinski definition) is 1. The molecule has 4 heteroatoms. The Kier molecular flexibility index (Phi) is 5.75. The maximum absolute atomic E-state index is 13.9. The first kappa shape index (κ1) is 15.7. The Hall–Kier alpha value is -0.710. The monoisotopic (exact) mass is 355 g/mol. The second-order valence-corrected chi connectivity index (χ2v) is 6.81. The molecule has 1 aromatic carbocycles. The minimum atomic E-state index is -0.158. The van der Waals surface area contributed by atoms with Crippen LogP contribution in [0.5, 0.6) is 0 Å². The molecule has 2 unspecified atom stereocenters. The van der Waals surface area contributed by atoms with Gasteiger partial charge in [0.2, 0.25) is 0 Å². The first-order valence-corrected chi connectivity index (χ1v) is 8.53. The number of benzene rings is 1. The van der Waals surface area contributed by atoms with Crippen molar-refractivity contribution < 1.29 is 4.39 Å². The van der Waals surface area contributed by atoms with Crippen LogP contribution in [0, 0.1) is 5.82 Å². The van der Waals surface area contributed by atoms with E-state index in [0.717, 1.165) is 17.3 Å². The van der Waals surface area contributed by atoms with Crippen molar-refractivity contribution in [2.45, 2.75) is 38.8 Å². The lowest BCUT2D eigenvalue weighted by molar-refractivity contribution is 0.433. The number of hydrogen-bond acceptors (Lipinski definition) is 2. The zero-order valence-corrected chi connectivity index (χ0v) is 14.1. The molecule has 0 radical (unpaired) electrons. The van der Waals surface area contributed by atoms with Crippen LogP contribution in [0.3, 0.4) is 0 Å². The predicted octanol–water partition coefficient (Wildman–Crippen LogP) is 5.84. The fraction of sp³-hybridized carbons (Fsp3) is 0.375. The molecule has 0 saturated carbocycles. The van der Waals surface area contributed by atoms with E-state index in [9.17, 15) is 4.39 Å². The second-order valence-electron chi connectivity index (χ2n) is 4.91. The fourth-order valence-corrected chi connectivity index (χ4v) is 3.52. The summed E-state index contributed by atoms with van der Waals surface area (Å²) in [5, 5.41) is 5.64. The van der Waals surface area contributed by atoms with Gasteiger partial charge in [-0.25, -0.2) is 4.39 Å². The third kappa shape index (κ3) is 3.90. The SMILES string of the molecule is CCCC(NC(C)c1cc(Br)ccc1F)c1cccs1. The molecule has 1 nitrogen and oxygen atoms in total. The average Bonchev–Trinajstić information content (AvgIpc) is 2.95. The van der Waals surface area contributed by atoms with Crippen LogP contribution in [0.1, 0.15) is 49.2 Å². The summed E-state index contributed by atoms with van der Waals surface area (Å²) >= 11 is 5.16. The van der Waals surface area contributed by atoms with E-state index in [0.29, 0.717) is 5.56 Å². The van der Waals surface area contributed by atoms with Crippen molar-refractivity contribution in [1.29, 1.82) is 0 Å². The van der Waals surface area contributed by atoms with Crippen LogP contribution in [0.4, 0.5) is 4.39 Å². The molecule has 0 spiro atoms. The second kappa shape index (κ2) is 7.34. The van der Waals surface area contributed by atoms with Crippen LogP contribution in [0.15, 0.2) is 40.2 Å². The molecule has 0 saturated heterocycles. The highest BCUT2D eigenvalue weighted by atomic mass is 79.9. The minimum absolute atomic E-state index is 0.0221. The third-order valence-electron chi connectivity index (χ3n) is 3.34. The first-order valence-electron chi connectivity index (χ1n) is 6.86. The Morgan fingerprint density at radius 1 is 1.35 bits per heavy atom. The van der Waals surface area contributed by atoms with Gasteiger partial charge >= 0.3 is 0 Å². The third-order valence-corrected chi connectivity index (χ3v) is 4.82. The lowest BCUT2D eigenvalue weighted by Crippen LogP contribution is -2.24. The molecule has 1 N–H and O–H groups in total. The van der Waals surface area contributed by atoms with E-state index in [1.165, 1.54) is 10.9 Å². The van der Waals surface area contributed by atoms with Gasteiger partial charge in [0.1, 0.15) is 5.82 Å². The first-order chi connectivity index (χ1) is 9.61. The number of thiophene rings is 1. The number of nitrogens with one attached hydrogen (secondary N) is 1. The molecule has 0 bridgehead atoms. The van der Waals surface area contributed by atoms with Gasteiger partial charge < -0.3 is 5.32 Å². The Balaban J connectivity index is 2.15. The summed E-state index contributed by atoms with van der Waals surface area (Å²) in [5.41, 5.74) is 0.706. The minimum Gasteiger partial charge on any atom is -0.303 e. The highest BCUT2D eigenvalue weighted by Crippen LogP contribution is 2.28. The molecule has 20 heavy (non-hydrogen) atoms. The van der Waals surface area contributed by atoms with Gasteiger partial charge in [0.05, 0.1) is 0 Å². The molecule has 0 aliphatic rings. The van der Waals surface area contributed by atoms with Gasteiger partial charge in [-0.1, -0.05) is 35.3 Å². The zero-order chi connectivity index (χ0) is 14.5. The molecule has 108 valence electrons. The van der Waals surface area contributed by atoms with Gasteiger partial charge in [-0.05, 0) is 43.0 Å². The Morgan fingerprint density at radius 3 is 2.80 bits per heavy atom. The van der Waals surface area contributed by atoms with E-state index < -0.39 is 0 Å². The van der Waals surface area contributed by atoms with Crippen LogP contribution < -0.4 is 5.32 Å². The maximum Gasteiger partial charge on any atom is 0.128 e. The van der Waals surface area contributed by atoms with Crippen LogP contribution in [-0.4, -0.2) is 0 Å². The summed E-state index contributed by atoms with van der Waals surface area (Å²) in [7, 11) is 0. The van der Waals surface area contributed by atoms with E-state index in [1.54, 1.807) is 17.4 Å². The molecular formula is C16H19BrFNS. The summed E-state index contributed by atoms with van der Waals surface area (Å²) in [6.07, 6.45) is 2.16. The Bertz CT molecular complexity index is 541. The van der Waals surface area contributed by atoms with E-state index in [2.05, 4.69) is 45.7 Å². The number of halogens is 2. The standard InChI is InChI=1S/C16H19BrFNS/c1-3-5-15(16-6-4-9-20-16)19-11(2)13-10-12(17)7-8-14(13)18/h4,6-11,15,19H,3,5H2,1-2H3. The molecule has 0 aliphatic carbocycles. The van der Waals surface area contributed by atoms with E-state index in [1.807, 2.05) is 13.0 Å². The van der Waals surface area contributed by atoms with Crippen molar-refractivity contribution in [3.63, 3.8) is 0 Å². The Labute approximate surface area is 132 Å². The van der Waals surface area contributed by atoms with Crippen molar-refractivity contribution >= 4 is 27.3 Å².